The number of hydrogen-bond acceptors (Lipinski definition) is 4. The van der Waals surface area contributed by atoms with E-state index in [9.17, 15) is 4.79 Å². The highest BCUT2D eigenvalue weighted by atomic mass is 16.5. The van der Waals surface area contributed by atoms with Crippen LogP contribution in [-0.4, -0.2) is 56.8 Å². The Labute approximate surface area is 126 Å². The number of nitrogens with one attached hydrogen (secondary N) is 1. The minimum absolute atomic E-state index is 0.0320. The minimum atomic E-state index is -0.371. The molecule has 0 aromatic heterocycles. The second kappa shape index (κ2) is 7.43. The number of nitrogens with zero attached hydrogens (tertiary/aromatic N) is 1. The molecule has 5 nitrogen and oxygen atoms in total. The van der Waals surface area contributed by atoms with Crippen LogP contribution in [0.5, 0.6) is 5.75 Å². The van der Waals surface area contributed by atoms with E-state index in [0.717, 1.165) is 24.3 Å². The number of para-hydroxylation sites is 1. The third-order valence-corrected chi connectivity index (χ3v) is 3.92. The Balaban J connectivity index is 1.98. The van der Waals surface area contributed by atoms with Crippen molar-refractivity contribution in [1.82, 2.24) is 10.2 Å². The lowest BCUT2D eigenvalue weighted by Crippen LogP contribution is -2.50. The van der Waals surface area contributed by atoms with Crippen LogP contribution in [-0.2, 0) is 16.0 Å². The van der Waals surface area contributed by atoms with Gasteiger partial charge in [0, 0.05) is 26.2 Å². The van der Waals surface area contributed by atoms with Gasteiger partial charge >= 0.3 is 0 Å². The molecule has 1 heterocycles. The molecule has 0 bridgehead atoms. The lowest BCUT2D eigenvalue weighted by molar-refractivity contribution is -0.145. The number of ether oxygens (including phenoxy) is 2. The number of likely N-dealkylation sites (N-methyl/N-ethyl adjacent to an activating group) is 1. The van der Waals surface area contributed by atoms with E-state index in [-0.39, 0.29) is 18.1 Å². The number of amides is 1. The summed E-state index contributed by atoms with van der Waals surface area (Å²) in [6.45, 7) is 4.03. The van der Waals surface area contributed by atoms with Crippen molar-refractivity contribution >= 4 is 5.91 Å². The summed E-state index contributed by atoms with van der Waals surface area (Å²) in [7, 11) is 3.50. The van der Waals surface area contributed by atoms with Gasteiger partial charge in [0.1, 0.15) is 11.9 Å². The fraction of sp³-hybridized carbons (Fsp3) is 0.562. The number of carbonyl (C=O) groups excluding carboxylic acids is 1. The van der Waals surface area contributed by atoms with Crippen LogP contribution in [0.1, 0.15) is 12.5 Å². The monoisotopic (exact) mass is 292 g/mol. The summed E-state index contributed by atoms with van der Waals surface area (Å²) in [6, 6.07) is 7.99. The Hall–Kier alpha value is -1.59. The molecule has 1 amide bonds. The average molecular weight is 292 g/mol. The normalized spacial score (nSPS) is 19.9. The van der Waals surface area contributed by atoms with Crippen LogP contribution < -0.4 is 10.1 Å². The molecule has 1 aliphatic heterocycles. The molecule has 2 rings (SSSR count). The molecule has 1 N–H and O–H groups in total. The van der Waals surface area contributed by atoms with Gasteiger partial charge in [-0.05, 0) is 25.0 Å². The lowest BCUT2D eigenvalue weighted by Gasteiger charge is -2.31. The van der Waals surface area contributed by atoms with E-state index in [1.54, 1.807) is 12.0 Å². The predicted molar refractivity (Wildman–Crippen MR) is 81.5 cm³/mol. The maximum Gasteiger partial charge on any atom is 0.253 e. The zero-order valence-corrected chi connectivity index (χ0v) is 13.0. The standard InChI is InChI=1S/C16H24N2O3/c1-12(10-13-6-4-5-7-14(13)20-3)18(2)16(19)15-11-17-8-9-21-15/h4-7,12,15,17H,8-11H2,1-3H3. The van der Waals surface area contributed by atoms with Crippen LogP contribution in [0, 0.1) is 0 Å². The van der Waals surface area contributed by atoms with Crippen LogP contribution >= 0.6 is 0 Å². The van der Waals surface area contributed by atoms with Gasteiger partial charge in [0.2, 0.25) is 0 Å². The lowest BCUT2D eigenvalue weighted by atomic mass is 10.0. The summed E-state index contributed by atoms with van der Waals surface area (Å²) in [5.74, 6) is 0.894. The quantitative estimate of drug-likeness (QED) is 0.882. The van der Waals surface area contributed by atoms with Crippen LogP contribution in [0.25, 0.3) is 0 Å². The van der Waals surface area contributed by atoms with Crippen molar-refractivity contribution in [2.24, 2.45) is 0 Å². The molecule has 21 heavy (non-hydrogen) atoms. The highest BCUT2D eigenvalue weighted by molar-refractivity contribution is 5.81. The van der Waals surface area contributed by atoms with E-state index in [1.165, 1.54) is 0 Å². The predicted octanol–water partition coefficient (Wildman–Crippen LogP) is 1.07. The smallest absolute Gasteiger partial charge is 0.253 e. The van der Waals surface area contributed by atoms with Crippen molar-refractivity contribution < 1.29 is 14.3 Å². The Morgan fingerprint density at radius 2 is 2.29 bits per heavy atom. The Morgan fingerprint density at radius 1 is 1.52 bits per heavy atom. The van der Waals surface area contributed by atoms with E-state index < -0.39 is 0 Å². The summed E-state index contributed by atoms with van der Waals surface area (Å²) in [6.07, 6.45) is 0.385. The first kappa shape index (κ1) is 15.8. The zero-order valence-electron chi connectivity index (χ0n) is 13.0. The number of carbonyl (C=O) groups is 1. The van der Waals surface area contributed by atoms with Crippen molar-refractivity contribution in [2.75, 3.05) is 33.9 Å². The molecule has 0 aliphatic carbocycles. The molecular weight excluding hydrogens is 268 g/mol. The van der Waals surface area contributed by atoms with Gasteiger partial charge in [-0.3, -0.25) is 4.79 Å². The zero-order chi connectivity index (χ0) is 15.2. The molecular formula is C16H24N2O3. The van der Waals surface area contributed by atoms with E-state index in [4.69, 9.17) is 9.47 Å². The van der Waals surface area contributed by atoms with Gasteiger partial charge < -0.3 is 19.7 Å². The van der Waals surface area contributed by atoms with Crippen molar-refractivity contribution in [3.63, 3.8) is 0 Å². The molecule has 2 unspecified atom stereocenters. The van der Waals surface area contributed by atoms with Gasteiger partial charge in [0.15, 0.2) is 0 Å². The third kappa shape index (κ3) is 3.95. The first-order valence-electron chi connectivity index (χ1n) is 7.34. The van der Waals surface area contributed by atoms with Crippen molar-refractivity contribution in [3.05, 3.63) is 29.8 Å². The number of benzene rings is 1. The Bertz CT molecular complexity index is 472. The molecule has 0 radical (unpaired) electrons. The molecule has 116 valence electrons. The molecule has 5 heteroatoms. The van der Waals surface area contributed by atoms with Crippen LogP contribution in [0.3, 0.4) is 0 Å². The van der Waals surface area contributed by atoms with Gasteiger partial charge in [0.05, 0.1) is 13.7 Å². The van der Waals surface area contributed by atoms with Gasteiger partial charge in [-0.2, -0.15) is 0 Å². The molecule has 1 aromatic rings. The molecule has 1 aromatic carbocycles. The van der Waals surface area contributed by atoms with Gasteiger partial charge in [-0.25, -0.2) is 0 Å². The summed E-state index contributed by atoms with van der Waals surface area (Å²) in [4.78, 5) is 14.2. The summed E-state index contributed by atoms with van der Waals surface area (Å²) in [5.41, 5.74) is 1.11. The van der Waals surface area contributed by atoms with E-state index in [2.05, 4.69) is 5.32 Å². The van der Waals surface area contributed by atoms with Gasteiger partial charge in [0.25, 0.3) is 5.91 Å². The van der Waals surface area contributed by atoms with E-state index in [0.29, 0.717) is 13.2 Å². The van der Waals surface area contributed by atoms with E-state index >= 15 is 0 Å². The number of hydrogen-bond donors (Lipinski definition) is 1. The van der Waals surface area contributed by atoms with Crippen LogP contribution in [0.4, 0.5) is 0 Å². The minimum Gasteiger partial charge on any atom is -0.496 e. The fourth-order valence-electron chi connectivity index (χ4n) is 2.50. The summed E-state index contributed by atoms with van der Waals surface area (Å²) < 4.78 is 10.9. The summed E-state index contributed by atoms with van der Waals surface area (Å²) in [5, 5.41) is 3.18. The molecule has 1 saturated heterocycles. The Morgan fingerprint density at radius 3 is 2.95 bits per heavy atom. The van der Waals surface area contributed by atoms with Crippen molar-refractivity contribution in [1.29, 1.82) is 0 Å². The first-order valence-corrected chi connectivity index (χ1v) is 7.34. The molecule has 0 saturated carbocycles. The highest BCUT2D eigenvalue weighted by Gasteiger charge is 2.27. The highest BCUT2D eigenvalue weighted by Crippen LogP contribution is 2.20. The maximum absolute atomic E-state index is 12.4. The van der Waals surface area contributed by atoms with Gasteiger partial charge in [-0.15, -0.1) is 0 Å². The second-order valence-corrected chi connectivity index (χ2v) is 5.38. The van der Waals surface area contributed by atoms with E-state index in [1.807, 2.05) is 38.2 Å². The number of morpholine rings is 1. The molecule has 2 atom stereocenters. The van der Waals surface area contributed by atoms with Crippen molar-refractivity contribution in [2.45, 2.75) is 25.5 Å². The maximum atomic E-state index is 12.4. The van der Waals surface area contributed by atoms with Gasteiger partial charge in [-0.1, -0.05) is 18.2 Å². The fourth-order valence-corrected chi connectivity index (χ4v) is 2.50. The second-order valence-electron chi connectivity index (χ2n) is 5.38. The molecule has 1 fully saturated rings. The third-order valence-electron chi connectivity index (χ3n) is 3.92. The van der Waals surface area contributed by atoms with Crippen LogP contribution in [0.2, 0.25) is 0 Å². The number of rotatable bonds is 5. The average Bonchev–Trinajstić information content (AvgIpc) is 2.54. The topological polar surface area (TPSA) is 50.8 Å². The first-order chi connectivity index (χ1) is 10.1. The van der Waals surface area contributed by atoms with Crippen molar-refractivity contribution in [3.8, 4) is 5.75 Å². The Kier molecular flexibility index (Phi) is 5.59. The molecule has 1 aliphatic rings. The van der Waals surface area contributed by atoms with Crippen LogP contribution in [0.15, 0.2) is 24.3 Å². The number of methoxy groups -OCH3 is 1. The largest absolute Gasteiger partial charge is 0.496 e. The molecule has 0 spiro atoms. The SMILES string of the molecule is COc1ccccc1CC(C)N(C)C(=O)C1CNCCO1. The summed E-state index contributed by atoms with van der Waals surface area (Å²) >= 11 is 0.